The van der Waals surface area contributed by atoms with E-state index >= 15 is 0 Å². The van der Waals surface area contributed by atoms with Crippen LogP contribution in [-0.2, 0) is 9.53 Å². The van der Waals surface area contributed by atoms with Gasteiger partial charge in [0.2, 0.25) is 5.78 Å². The van der Waals surface area contributed by atoms with Crippen molar-refractivity contribution in [2.24, 2.45) is 0 Å². The lowest BCUT2D eigenvalue weighted by molar-refractivity contribution is -0.140. The van der Waals surface area contributed by atoms with E-state index in [4.69, 9.17) is 9.15 Å². The van der Waals surface area contributed by atoms with Gasteiger partial charge in [-0.3, -0.25) is 4.79 Å². The van der Waals surface area contributed by atoms with E-state index in [1.807, 2.05) is 32.9 Å². The van der Waals surface area contributed by atoms with E-state index < -0.39 is 12.1 Å². The van der Waals surface area contributed by atoms with Gasteiger partial charge < -0.3 is 9.15 Å². The van der Waals surface area contributed by atoms with Crippen LogP contribution in [0.4, 0.5) is 0 Å². The number of Topliss-reactive ketones (excluding diaryl/α,β-unsaturated/α-hetero) is 1. The zero-order valence-electron chi connectivity index (χ0n) is 13.8. The Bertz CT molecular complexity index is 739. The lowest BCUT2D eigenvalue weighted by Crippen LogP contribution is -2.24. The zero-order valence-corrected chi connectivity index (χ0v) is 13.8. The van der Waals surface area contributed by atoms with Crippen molar-refractivity contribution in [2.45, 2.75) is 33.8 Å². The van der Waals surface area contributed by atoms with Crippen molar-refractivity contribution in [3.63, 3.8) is 0 Å². The number of esters is 1. The number of hydrogen-bond donors (Lipinski definition) is 0. The van der Waals surface area contributed by atoms with Crippen LogP contribution in [0.5, 0.6) is 0 Å². The molecule has 1 heterocycles. The third-order valence-electron chi connectivity index (χ3n) is 3.70. The molecule has 0 bridgehead atoms. The topological polar surface area (TPSA) is 56.5 Å². The summed E-state index contributed by atoms with van der Waals surface area (Å²) in [5.41, 5.74) is 3.64. The fourth-order valence-electron chi connectivity index (χ4n) is 2.25. The third kappa shape index (κ3) is 4.19. The van der Waals surface area contributed by atoms with E-state index in [9.17, 15) is 9.59 Å². The molecule has 0 amide bonds. The summed E-state index contributed by atoms with van der Waals surface area (Å²) in [7, 11) is 0. The van der Waals surface area contributed by atoms with Crippen LogP contribution in [0.2, 0.25) is 0 Å². The maximum Gasteiger partial charge on any atom is 0.331 e. The van der Waals surface area contributed by atoms with E-state index in [0.29, 0.717) is 11.3 Å². The number of rotatable bonds is 5. The van der Waals surface area contributed by atoms with Crippen LogP contribution < -0.4 is 0 Å². The molecule has 1 atom stereocenters. The number of benzene rings is 1. The number of carbonyl (C=O) groups is 2. The average molecular weight is 312 g/mol. The first kappa shape index (κ1) is 16.7. The van der Waals surface area contributed by atoms with Crippen molar-refractivity contribution in [3.05, 3.63) is 64.6 Å². The Kier molecular flexibility index (Phi) is 5.16. The van der Waals surface area contributed by atoms with E-state index in [0.717, 1.165) is 16.7 Å². The highest BCUT2D eigenvalue weighted by Gasteiger charge is 2.20. The second-order valence-electron chi connectivity index (χ2n) is 5.54. The quantitative estimate of drug-likeness (QED) is 0.475. The van der Waals surface area contributed by atoms with Crippen LogP contribution in [-0.4, -0.2) is 17.9 Å². The molecular weight excluding hydrogens is 292 g/mol. The Morgan fingerprint density at radius 1 is 1.13 bits per heavy atom. The van der Waals surface area contributed by atoms with Gasteiger partial charge in [-0.2, -0.15) is 0 Å². The molecule has 2 aromatic rings. The average Bonchev–Trinajstić information content (AvgIpc) is 3.01. The number of carbonyl (C=O) groups excluding carboxylic acids is 2. The molecule has 0 radical (unpaired) electrons. The van der Waals surface area contributed by atoms with E-state index in [-0.39, 0.29) is 5.78 Å². The minimum atomic E-state index is -0.843. The molecule has 0 spiro atoms. The fourth-order valence-corrected chi connectivity index (χ4v) is 2.25. The number of aryl methyl sites for hydroxylation is 3. The molecule has 0 saturated carbocycles. The van der Waals surface area contributed by atoms with Gasteiger partial charge in [0.25, 0.3) is 0 Å². The molecule has 0 unspecified atom stereocenters. The summed E-state index contributed by atoms with van der Waals surface area (Å²) < 4.78 is 10.3. The van der Waals surface area contributed by atoms with Crippen molar-refractivity contribution < 1.29 is 18.7 Å². The molecule has 0 N–H and O–H groups in total. The van der Waals surface area contributed by atoms with Gasteiger partial charge in [-0.25, -0.2) is 4.79 Å². The smallest absolute Gasteiger partial charge is 0.331 e. The van der Waals surface area contributed by atoms with Crippen LogP contribution in [0.15, 0.2) is 41.0 Å². The van der Waals surface area contributed by atoms with Crippen molar-refractivity contribution in [2.75, 3.05) is 0 Å². The zero-order chi connectivity index (χ0) is 17.0. The Morgan fingerprint density at radius 2 is 1.83 bits per heavy atom. The summed E-state index contributed by atoms with van der Waals surface area (Å²) in [6, 6.07) is 7.25. The van der Waals surface area contributed by atoms with Crippen molar-refractivity contribution >= 4 is 17.8 Å². The minimum absolute atomic E-state index is 0.203. The Balaban J connectivity index is 2.05. The summed E-state index contributed by atoms with van der Waals surface area (Å²) in [4.78, 5) is 24.3. The van der Waals surface area contributed by atoms with Gasteiger partial charge in [-0.05, 0) is 68.7 Å². The standard InChI is InChI=1S/C19H20O4/c1-12-10-14(3)17(11-13(12)2)19(21)15(4)23-18(20)8-7-16-6-5-9-22-16/h5-11,15H,1-4H3/b8-7+/t15-/m0/s1. The third-order valence-corrected chi connectivity index (χ3v) is 3.70. The maximum absolute atomic E-state index is 12.5. The summed E-state index contributed by atoms with van der Waals surface area (Å²) >= 11 is 0. The van der Waals surface area contributed by atoms with Gasteiger partial charge in [-0.15, -0.1) is 0 Å². The summed E-state index contributed by atoms with van der Waals surface area (Å²) in [6.07, 6.45) is 3.42. The Labute approximate surface area is 135 Å². The number of ketones is 1. The van der Waals surface area contributed by atoms with Crippen LogP contribution in [0.3, 0.4) is 0 Å². The molecule has 0 fully saturated rings. The highest BCUT2D eigenvalue weighted by molar-refractivity contribution is 6.02. The first-order valence-electron chi connectivity index (χ1n) is 7.42. The second-order valence-corrected chi connectivity index (χ2v) is 5.54. The molecule has 2 rings (SSSR count). The van der Waals surface area contributed by atoms with Crippen LogP contribution in [0, 0.1) is 20.8 Å². The molecule has 4 heteroatoms. The second kappa shape index (κ2) is 7.09. The first-order chi connectivity index (χ1) is 10.9. The highest BCUT2D eigenvalue weighted by atomic mass is 16.5. The number of furan rings is 1. The van der Waals surface area contributed by atoms with Gasteiger partial charge in [0.05, 0.1) is 6.26 Å². The van der Waals surface area contributed by atoms with Crippen LogP contribution >= 0.6 is 0 Å². The van der Waals surface area contributed by atoms with Gasteiger partial charge in [-0.1, -0.05) is 6.07 Å². The molecule has 23 heavy (non-hydrogen) atoms. The van der Waals surface area contributed by atoms with Crippen LogP contribution in [0.1, 0.15) is 39.7 Å². The molecular formula is C19H20O4. The van der Waals surface area contributed by atoms with E-state index in [1.165, 1.54) is 18.4 Å². The fraction of sp³-hybridized carbons (Fsp3) is 0.263. The van der Waals surface area contributed by atoms with Crippen molar-refractivity contribution in [1.82, 2.24) is 0 Å². The van der Waals surface area contributed by atoms with E-state index in [2.05, 4.69) is 0 Å². The Hall–Kier alpha value is -2.62. The van der Waals surface area contributed by atoms with Gasteiger partial charge in [0.1, 0.15) is 5.76 Å². The van der Waals surface area contributed by atoms with E-state index in [1.54, 1.807) is 19.1 Å². The summed E-state index contributed by atoms with van der Waals surface area (Å²) in [6.45, 7) is 7.41. The maximum atomic E-state index is 12.5. The summed E-state index contributed by atoms with van der Waals surface area (Å²) in [5.74, 6) is -0.236. The van der Waals surface area contributed by atoms with Crippen molar-refractivity contribution in [1.29, 1.82) is 0 Å². The predicted molar refractivity (Wildman–Crippen MR) is 88.3 cm³/mol. The largest absolute Gasteiger partial charge is 0.465 e. The molecule has 0 aliphatic carbocycles. The molecule has 0 aliphatic rings. The van der Waals surface area contributed by atoms with Gasteiger partial charge in [0.15, 0.2) is 6.10 Å². The SMILES string of the molecule is Cc1cc(C)c(C(=O)[C@H](C)OC(=O)/C=C/c2ccco2)cc1C. The molecule has 1 aromatic heterocycles. The first-order valence-corrected chi connectivity index (χ1v) is 7.42. The number of hydrogen-bond acceptors (Lipinski definition) is 4. The predicted octanol–water partition coefficient (Wildman–Crippen LogP) is 4.03. The molecule has 1 aromatic carbocycles. The molecule has 120 valence electrons. The molecule has 4 nitrogen and oxygen atoms in total. The lowest BCUT2D eigenvalue weighted by atomic mass is 9.96. The van der Waals surface area contributed by atoms with Gasteiger partial charge in [0, 0.05) is 11.6 Å². The molecule has 0 saturated heterocycles. The normalized spacial score (nSPS) is 12.3. The van der Waals surface area contributed by atoms with Crippen LogP contribution in [0.25, 0.3) is 6.08 Å². The monoisotopic (exact) mass is 312 g/mol. The lowest BCUT2D eigenvalue weighted by Gasteiger charge is -2.14. The molecule has 0 aliphatic heterocycles. The minimum Gasteiger partial charge on any atom is -0.465 e. The number of ether oxygens (including phenoxy) is 1. The summed E-state index contributed by atoms with van der Waals surface area (Å²) in [5, 5.41) is 0. The van der Waals surface area contributed by atoms with Crippen molar-refractivity contribution in [3.8, 4) is 0 Å². The van der Waals surface area contributed by atoms with Gasteiger partial charge >= 0.3 is 5.97 Å². The highest BCUT2D eigenvalue weighted by Crippen LogP contribution is 2.18. The Morgan fingerprint density at radius 3 is 2.48 bits per heavy atom.